The molecule has 0 N–H and O–H groups in total. The van der Waals surface area contributed by atoms with Gasteiger partial charge >= 0.3 is 0 Å². The molecule has 0 unspecified atom stereocenters. The summed E-state index contributed by atoms with van der Waals surface area (Å²) in [4.78, 5) is 18.9. The minimum Gasteiger partial charge on any atom is -0.459 e. The molecule has 0 saturated heterocycles. The van der Waals surface area contributed by atoms with E-state index in [9.17, 15) is 4.79 Å². The molecule has 2 aromatic heterocycles. The average molecular weight is 353 g/mol. The van der Waals surface area contributed by atoms with E-state index >= 15 is 0 Å². The van der Waals surface area contributed by atoms with Gasteiger partial charge in [0.15, 0.2) is 5.76 Å². The summed E-state index contributed by atoms with van der Waals surface area (Å²) < 4.78 is 10.6. The highest BCUT2D eigenvalue weighted by atomic mass is 16.5. The maximum absolute atomic E-state index is 12.7. The number of amides is 1. The van der Waals surface area contributed by atoms with Gasteiger partial charge in [-0.1, -0.05) is 41.9 Å². The van der Waals surface area contributed by atoms with E-state index in [0.717, 1.165) is 12.0 Å². The summed E-state index contributed by atoms with van der Waals surface area (Å²) in [6.07, 6.45) is 2.86. The predicted octanol–water partition coefficient (Wildman–Crippen LogP) is 4.12. The monoisotopic (exact) mass is 353 g/mol. The molecule has 1 aromatic carbocycles. The number of hydrogen-bond donors (Lipinski definition) is 0. The Balaban J connectivity index is 1.69. The highest BCUT2D eigenvalue weighted by Gasteiger charge is 2.23. The van der Waals surface area contributed by atoms with E-state index in [1.165, 1.54) is 11.8 Å². The number of benzene rings is 1. The predicted molar refractivity (Wildman–Crippen MR) is 97.7 cm³/mol. The van der Waals surface area contributed by atoms with Crippen LogP contribution in [0.2, 0.25) is 0 Å². The smallest absolute Gasteiger partial charge is 0.289 e. The van der Waals surface area contributed by atoms with Gasteiger partial charge in [0.2, 0.25) is 11.7 Å². The normalized spacial score (nSPS) is 12.1. The Morgan fingerprint density at radius 2 is 2.00 bits per heavy atom. The average Bonchev–Trinajstić information content (AvgIpc) is 3.34. The molecule has 2 heterocycles. The second-order valence-corrected chi connectivity index (χ2v) is 6.36. The van der Waals surface area contributed by atoms with Crippen molar-refractivity contribution >= 4 is 5.91 Å². The summed E-state index contributed by atoms with van der Waals surface area (Å²) in [7, 11) is 0. The Labute approximate surface area is 152 Å². The van der Waals surface area contributed by atoms with Gasteiger partial charge in [-0.25, -0.2) is 0 Å². The van der Waals surface area contributed by atoms with Crippen molar-refractivity contribution in [3.05, 3.63) is 59.9 Å². The van der Waals surface area contributed by atoms with E-state index in [1.54, 1.807) is 17.0 Å². The standard InChI is InChI=1S/C20H23N3O3/c1-4-15(3)23(20(24)17-6-5-13-25-17)12-11-18-21-19(22-26-18)16-9-7-14(2)8-10-16/h5-10,13,15H,4,11-12H2,1-3H3/t15-/m1/s1. The van der Waals surface area contributed by atoms with Crippen LogP contribution in [0.3, 0.4) is 0 Å². The molecule has 0 spiro atoms. The second kappa shape index (κ2) is 7.99. The maximum Gasteiger partial charge on any atom is 0.289 e. The van der Waals surface area contributed by atoms with Crippen molar-refractivity contribution < 1.29 is 13.7 Å². The first-order valence-corrected chi connectivity index (χ1v) is 8.82. The lowest BCUT2D eigenvalue weighted by Crippen LogP contribution is -2.39. The molecule has 0 radical (unpaired) electrons. The Morgan fingerprint density at radius 3 is 2.65 bits per heavy atom. The topological polar surface area (TPSA) is 72.4 Å². The third kappa shape index (κ3) is 4.02. The zero-order chi connectivity index (χ0) is 18.5. The molecule has 0 aliphatic rings. The molecule has 3 aromatic rings. The van der Waals surface area contributed by atoms with Crippen LogP contribution in [0.1, 0.15) is 42.3 Å². The minimum absolute atomic E-state index is 0.0899. The molecule has 0 fully saturated rings. The molecule has 1 atom stereocenters. The fourth-order valence-electron chi connectivity index (χ4n) is 2.68. The second-order valence-electron chi connectivity index (χ2n) is 6.36. The number of carbonyl (C=O) groups is 1. The van der Waals surface area contributed by atoms with Gasteiger partial charge in [-0.2, -0.15) is 4.98 Å². The van der Waals surface area contributed by atoms with Crippen LogP contribution in [0.4, 0.5) is 0 Å². The van der Waals surface area contributed by atoms with Gasteiger partial charge in [0, 0.05) is 24.6 Å². The number of hydrogen-bond acceptors (Lipinski definition) is 5. The van der Waals surface area contributed by atoms with Crippen molar-refractivity contribution in [2.24, 2.45) is 0 Å². The van der Waals surface area contributed by atoms with E-state index in [1.807, 2.05) is 38.1 Å². The van der Waals surface area contributed by atoms with Crippen molar-refractivity contribution in [1.82, 2.24) is 15.0 Å². The highest BCUT2D eigenvalue weighted by molar-refractivity contribution is 5.91. The van der Waals surface area contributed by atoms with Crippen molar-refractivity contribution in [3.63, 3.8) is 0 Å². The molecule has 0 aliphatic carbocycles. The molecule has 0 saturated carbocycles. The number of aryl methyl sites for hydroxylation is 1. The largest absolute Gasteiger partial charge is 0.459 e. The summed E-state index contributed by atoms with van der Waals surface area (Å²) in [6.45, 7) is 6.59. The SMILES string of the molecule is CC[C@@H](C)N(CCc1nc(-c2ccc(C)cc2)no1)C(=O)c1ccco1. The van der Waals surface area contributed by atoms with E-state index in [4.69, 9.17) is 8.94 Å². The van der Waals surface area contributed by atoms with Gasteiger partial charge < -0.3 is 13.8 Å². The van der Waals surface area contributed by atoms with Crippen LogP contribution < -0.4 is 0 Å². The lowest BCUT2D eigenvalue weighted by atomic mass is 10.1. The third-order valence-corrected chi connectivity index (χ3v) is 4.46. The highest BCUT2D eigenvalue weighted by Crippen LogP contribution is 2.17. The summed E-state index contributed by atoms with van der Waals surface area (Å²) >= 11 is 0. The Morgan fingerprint density at radius 1 is 1.23 bits per heavy atom. The molecule has 3 rings (SSSR count). The van der Waals surface area contributed by atoms with E-state index in [0.29, 0.717) is 30.4 Å². The lowest BCUT2D eigenvalue weighted by Gasteiger charge is -2.27. The lowest BCUT2D eigenvalue weighted by molar-refractivity contribution is 0.0654. The zero-order valence-electron chi connectivity index (χ0n) is 15.3. The number of rotatable bonds is 7. The number of carbonyl (C=O) groups excluding carboxylic acids is 1. The molecule has 0 aliphatic heterocycles. The van der Waals surface area contributed by atoms with Crippen LogP contribution in [0.15, 0.2) is 51.6 Å². The van der Waals surface area contributed by atoms with Gasteiger partial charge in [0.1, 0.15) is 0 Å². The minimum atomic E-state index is -0.123. The Kier molecular flexibility index (Phi) is 5.51. The third-order valence-electron chi connectivity index (χ3n) is 4.46. The summed E-state index contributed by atoms with van der Waals surface area (Å²) in [6, 6.07) is 11.4. The molecule has 136 valence electrons. The summed E-state index contributed by atoms with van der Waals surface area (Å²) in [5.74, 6) is 1.30. The number of nitrogens with zero attached hydrogens (tertiary/aromatic N) is 3. The van der Waals surface area contributed by atoms with E-state index in [-0.39, 0.29) is 11.9 Å². The molecule has 6 nitrogen and oxygen atoms in total. The molecule has 1 amide bonds. The van der Waals surface area contributed by atoms with Crippen molar-refractivity contribution in [2.75, 3.05) is 6.54 Å². The molecule has 26 heavy (non-hydrogen) atoms. The first-order valence-electron chi connectivity index (χ1n) is 8.82. The van der Waals surface area contributed by atoms with Crippen LogP contribution in [-0.4, -0.2) is 33.5 Å². The maximum atomic E-state index is 12.7. The Hall–Kier alpha value is -2.89. The number of aromatic nitrogens is 2. The van der Waals surface area contributed by atoms with Crippen LogP contribution >= 0.6 is 0 Å². The van der Waals surface area contributed by atoms with Crippen LogP contribution in [0.5, 0.6) is 0 Å². The van der Waals surface area contributed by atoms with Crippen LogP contribution in [-0.2, 0) is 6.42 Å². The Bertz CT molecular complexity index is 838. The molecular formula is C20H23N3O3. The zero-order valence-corrected chi connectivity index (χ0v) is 15.3. The van der Waals surface area contributed by atoms with Gasteiger partial charge in [-0.3, -0.25) is 4.79 Å². The van der Waals surface area contributed by atoms with Crippen molar-refractivity contribution in [2.45, 2.75) is 39.7 Å². The van der Waals surface area contributed by atoms with Crippen molar-refractivity contribution in [1.29, 1.82) is 0 Å². The van der Waals surface area contributed by atoms with Crippen LogP contribution in [0.25, 0.3) is 11.4 Å². The van der Waals surface area contributed by atoms with Gasteiger partial charge in [0.25, 0.3) is 5.91 Å². The summed E-state index contributed by atoms with van der Waals surface area (Å²) in [5, 5.41) is 4.05. The van der Waals surface area contributed by atoms with Gasteiger partial charge in [-0.15, -0.1) is 0 Å². The quantitative estimate of drug-likeness (QED) is 0.639. The van der Waals surface area contributed by atoms with Crippen LogP contribution in [0, 0.1) is 6.92 Å². The molecular weight excluding hydrogens is 330 g/mol. The first kappa shape index (κ1) is 17.9. The summed E-state index contributed by atoms with van der Waals surface area (Å²) in [5.41, 5.74) is 2.09. The first-order chi connectivity index (χ1) is 12.6. The fraction of sp³-hybridized carbons (Fsp3) is 0.350. The van der Waals surface area contributed by atoms with E-state index < -0.39 is 0 Å². The van der Waals surface area contributed by atoms with Gasteiger partial charge in [0.05, 0.1) is 6.26 Å². The number of furan rings is 1. The fourth-order valence-corrected chi connectivity index (χ4v) is 2.68. The van der Waals surface area contributed by atoms with Gasteiger partial charge in [-0.05, 0) is 32.4 Å². The van der Waals surface area contributed by atoms with Crippen molar-refractivity contribution in [3.8, 4) is 11.4 Å². The molecule has 0 bridgehead atoms. The molecule has 6 heteroatoms. The van der Waals surface area contributed by atoms with E-state index in [2.05, 4.69) is 17.1 Å².